The summed E-state index contributed by atoms with van der Waals surface area (Å²) < 4.78 is 5.14. The third-order valence-corrected chi connectivity index (χ3v) is 5.81. The third-order valence-electron chi connectivity index (χ3n) is 4.38. The number of hydrogen-bond acceptors (Lipinski definition) is 5. The lowest BCUT2D eigenvalue weighted by Gasteiger charge is -2.18. The molecule has 6 nitrogen and oxygen atoms in total. The number of halogens is 1. The summed E-state index contributed by atoms with van der Waals surface area (Å²) in [4.78, 5) is 39.9. The van der Waals surface area contributed by atoms with Crippen LogP contribution in [0, 0.1) is 6.92 Å². The lowest BCUT2D eigenvalue weighted by molar-refractivity contribution is -0.111. The average molecular weight is 449 g/mol. The molecule has 2 rings (SSSR count). The Morgan fingerprint density at radius 1 is 1.20 bits per heavy atom. The van der Waals surface area contributed by atoms with Gasteiger partial charge in [0, 0.05) is 24.2 Å². The van der Waals surface area contributed by atoms with E-state index in [0.29, 0.717) is 33.6 Å². The van der Waals surface area contributed by atoms with Crippen molar-refractivity contribution in [2.45, 2.75) is 27.7 Å². The molecule has 0 unspecified atom stereocenters. The summed E-state index contributed by atoms with van der Waals surface area (Å²) in [5.41, 5.74) is 1.48. The molecule has 160 valence electrons. The molecule has 0 aliphatic carbocycles. The molecule has 1 aromatic carbocycles. The number of carbonyl (C=O) groups excluding carboxylic acids is 3. The summed E-state index contributed by atoms with van der Waals surface area (Å²) >= 11 is 7.04. The van der Waals surface area contributed by atoms with Crippen molar-refractivity contribution >= 4 is 51.8 Å². The summed E-state index contributed by atoms with van der Waals surface area (Å²) in [6.07, 6.45) is 2.97. The molecule has 0 aliphatic heterocycles. The second kappa shape index (κ2) is 10.9. The number of esters is 1. The van der Waals surface area contributed by atoms with E-state index in [9.17, 15) is 14.4 Å². The van der Waals surface area contributed by atoms with E-state index in [1.54, 1.807) is 43.0 Å². The molecule has 2 amide bonds. The molecular formula is C22H25ClN2O4S. The number of nitrogens with one attached hydrogen (secondary N) is 1. The molecule has 0 spiro atoms. The van der Waals surface area contributed by atoms with Gasteiger partial charge in [-0.25, -0.2) is 4.79 Å². The minimum absolute atomic E-state index is 0.178. The molecule has 1 heterocycles. The van der Waals surface area contributed by atoms with Gasteiger partial charge in [0.15, 0.2) is 0 Å². The van der Waals surface area contributed by atoms with E-state index in [1.165, 1.54) is 6.08 Å². The lowest BCUT2D eigenvalue weighted by Crippen LogP contribution is -2.30. The molecular weight excluding hydrogens is 424 g/mol. The monoisotopic (exact) mass is 448 g/mol. The van der Waals surface area contributed by atoms with E-state index in [-0.39, 0.29) is 18.1 Å². The Morgan fingerprint density at radius 3 is 2.50 bits per heavy atom. The number of rotatable bonds is 8. The van der Waals surface area contributed by atoms with Crippen LogP contribution in [-0.4, -0.2) is 42.4 Å². The molecule has 0 atom stereocenters. The number of thiophene rings is 1. The highest BCUT2D eigenvalue weighted by Gasteiger charge is 2.27. The highest BCUT2D eigenvalue weighted by molar-refractivity contribution is 7.18. The highest BCUT2D eigenvalue weighted by atomic mass is 35.5. The van der Waals surface area contributed by atoms with Crippen molar-refractivity contribution in [1.82, 2.24) is 4.90 Å². The topological polar surface area (TPSA) is 75.7 Å². The number of anilines is 1. The molecule has 0 saturated carbocycles. The first-order valence-corrected chi connectivity index (χ1v) is 10.9. The van der Waals surface area contributed by atoms with Crippen molar-refractivity contribution in [2.75, 3.05) is 25.0 Å². The van der Waals surface area contributed by atoms with Crippen LogP contribution in [0.4, 0.5) is 5.00 Å². The van der Waals surface area contributed by atoms with E-state index in [0.717, 1.165) is 16.9 Å². The van der Waals surface area contributed by atoms with Gasteiger partial charge in [-0.1, -0.05) is 23.7 Å². The largest absolute Gasteiger partial charge is 0.462 e. The maximum atomic E-state index is 12.8. The van der Waals surface area contributed by atoms with Gasteiger partial charge in [0.1, 0.15) is 5.00 Å². The van der Waals surface area contributed by atoms with Crippen LogP contribution in [-0.2, 0) is 9.53 Å². The molecule has 0 aliphatic rings. The third kappa shape index (κ3) is 5.70. The van der Waals surface area contributed by atoms with Gasteiger partial charge in [0.05, 0.1) is 17.0 Å². The van der Waals surface area contributed by atoms with Gasteiger partial charge in [-0.05, 0) is 57.0 Å². The maximum absolute atomic E-state index is 12.8. The second-order valence-electron chi connectivity index (χ2n) is 6.34. The van der Waals surface area contributed by atoms with Crippen LogP contribution in [0.2, 0.25) is 5.02 Å². The average Bonchev–Trinajstić information content (AvgIpc) is 3.03. The smallest absolute Gasteiger partial charge is 0.341 e. The van der Waals surface area contributed by atoms with E-state index in [1.807, 2.05) is 19.9 Å². The van der Waals surface area contributed by atoms with Crippen LogP contribution < -0.4 is 5.32 Å². The Hall–Kier alpha value is -2.64. The first kappa shape index (κ1) is 23.6. The molecule has 8 heteroatoms. The van der Waals surface area contributed by atoms with Gasteiger partial charge < -0.3 is 15.0 Å². The first-order chi connectivity index (χ1) is 14.3. The number of hydrogen-bond donors (Lipinski definition) is 1. The second-order valence-corrected chi connectivity index (χ2v) is 7.79. The van der Waals surface area contributed by atoms with Crippen molar-refractivity contribution < 1.29 is 19.1 Å². The van der Waals surface area contributed by atoms with Crippen LogP contribution in [0.5, 0.6) is 0 Å². The van der Waals surface area contributed by atoms with Crippen LogP contribution in [0.3, 0.4) is 0 Å². The number of amides is 2. The number of ether oxygens (including phenoxy) is 1. The van der Waals surface area contributed by atoms with Crippen LogP contribution in [0.1, 0.15) is 51.9 Å². The molecule has 1 aromatic heterocycles. The minimum Gasteiger partial charge on any atom is -0.462 e. The molecule has 1 N–H and O–H groups in total. The Kier molecular flexibility index (Phi) is 8.62. The Morgan fingerprint density at radius 2 is 1.90 bits per heavy atom. The normalized spacial score (nSPS) is 10.8. The van der Waals surface area contributed by atoms with Gasteiger partial charge in [-0.15, -0.1) is 11.3 Å². The Bertz CT molecular complexity index is 964. The van der Waals surface area contributed by atoms with Gasteiger partial charge >= 0.3 is 5.97 Å². The van der Waals surface area contributed by atoms with Crippen molar-refractivity contribution in [3.8, 4) is 0 Å². The summed E-state index contributed by atoms with van der Waals surface area (Å²) in [6, 6.07) is 7.07. The number of benzene rings is 1. The van der Waals surface area contributed by atoms with Gasteiger partial charge in [-0.3, -0.25) is 9.59 Å². The van der Waals surface area contributed by atoms with E-state index in [2.05, 4.69) is 5.32 Å². The summed E-state index contributed by atoms with van der Waals surface area (Å²) in [5.74, 6) is -1.18. The quantitative estimate of drug-likeness (QED) is 0.454. The Labute approximate surface area is 185 Å². The molecule has 0 radical (unpaired) electrons. The fourth-order valence-electron chi connectivity index (χ4n) is 2.84. The van der Waals surface area contributed by atoms with Gasteiger partial charge in [0.25, 0.3) is 5.91 Å². The summed E-state index contributed by atoms with van der Waals surface area (Å²) in [6.45, 7) is 8.46. The predicted octanol–water partition coefficient (Wildman–Crippen LogP) is 5.02. The van der Waals surface area contributed by atoms with Crippen LogP contribution >= 0.6 is 22.9 Å². The summed E-state index contributed by atoms with van der Waals surface area (Å²) in [7, 11) is 0. The minimum atomic E-state index is -0.570. The molecule has 2 aromatic rings. The zero-order valence-electron chi connectivity index (χ0n) is 17.5. The van der Waals surface area contributed by atoms with E-state index < -0.39 is 11.9 Å². The van der Waals surface area contributed by atoms with Gasteiger partial charge in [0.2, 0.25) is 5.91 Å². The molecule has 0 fully saturated rings. The van der Waals surface area contributed by atoms with Crippen molar-refractivity contribution in [2.24, 2.45) is 0 Å². The van der Waals surface area contributed by atoms with Crippen molar-refractivity contribution in [3.05, 3.63) is 56.9 Å². The van der Waals surface area contributed by atoms with E-state index >= 15 is 0 Å². The zero-order valence-corrected chi connectivity index (χ0v) is 19.0. The van der Waals surface area contributed by atoms with Gasteiger partial charge in [-0.2, -0.15) is 0 Å². The molecule has 0 saturated heterocycles. The summed E-state index contributed by atoms with van der Waals surface area (Å²) in [5, 5.41) is 3.57. The zero-order chi connectivity index (χ0) is 22.3. The van der Waals surface area contributed by atoms with Crippen LogP contribution in [0.25, 0.3) is 6.08 Å². The maximum Gasteiger partial charge on any atom is 0.341 e. The first-order valence-electron chi connectivity index (χ1n) is 9.66. The van der Waals surface area contributed by atoms with Crippen molar-refractivity contribution in [1.29, 1.82) is 0 Å². The van der Waals surface area contributed by atoms with E-state index in [4.69, 9.17) is 16.3 Å². The standard InChI is InChI=1S/C22H25ClN2O4S/c1-5-25(6-2)21(27)19-14(4)18(22(28)29-7-3)20(30-19)24-17(26)12-11-15-9-8-10-16(23)13-15/h8-13H,5-7H2,1-4H3,(H,24,26). The molecule has 0 bridgehead atoms. The Balaban J connectivity index is 2.34. The molecule has 30 heavy (non-hydrogen) atoms. The van der Waals surface area contributed by atoms with Crippen molar-refractivity contribution in [3.63, 3.8) is 0 Å². The lowest BCUT2D eigenvalue weighted by atomic mass is 10.1. The highest BCUT2D eigenvalue weighted by Crippen LogP contribution is 2.34. The fourth-order valence-corrected chi connectivity index (χ4v) is 4.21. The SMILES string of the molecule is CCOC(=O)c1c(NC(=O)C=Cc2cccc(Cl)c2)sc(C(=O)N(CC)CC)c1C. The number of carbonyl (C=O) groups is 3. The fraction of sp³-hybridized carbons (Fsp3) is 0.318. The number of nitrogens with zero attached hydrogens (tertiary/aromatic N) is 1. The van der Waals surface area contributed by atoms with Crippen LogP contribution in [0.15, 0.2) is 30.3 Å². The predicted molar refractivity (Wildman–Crippen MR) is 121 cm³/mol.